The third kappa shape index (κ3) is 2.54. The Labute approximate surface area is 143 Å². The molecule has 1 aliphatic heterocycles. The molecule has 3 heterocycles. The molecule has 1 saturated heterocycles. The van der Waals surface area contributed by atoms with Gasteiger partial charge in [0.15, 0.2) is 5.76 Å². The van der Waals surface area contributed by atoms with Gasteiger partial charge < -0.3 is 9.51 Å². The Morgan fingerprint density at radius 1 is 1.36 bits per heavy atom. The van der Waals surface area contributed by atoms with Gasteiger partial charge in [0.25, 0.3) is 0 Å². The molecule has 1 N–H and O–H groups in total. The van der Waals surface area contributed by atoms with Gasteiger partial charge in [-0.05, 0) is 44.9 Å². The van der Waals surface area contributed by atoms with Crippen LogP contribution in [0.15, 0.2) is 27.6 Å². The number of benzene rings is 1. The number of rotatable bonds is 3. The molecule has 0 saturated carbocycles. The van der Waals surface area contributed by atoms with Gasteiger partial charge in [0.05, 0.1) is 17.1 Å². The standard InChI is InChI=1S/C16H17FN4O3S/c1-9-15(10(2)24-20-9)25(22,23)21-7-3-4-14(21)16-18-12-6-5-11(17)8-13(12)19-16/h5-6,8,14H,3-4,7H2,1-2H3,(H,18,19). The highest BCUT2D eigenvalue weighted by atomic mass is 32.2. The van der Waals surface area contributed by atoms with Crippen LogP contribution in [0, 0.1) is 19.7 Å². The number of hydrogen-bond donors (Lipinski definition) is 1. The average Bonchev–Trinajstić information content (AvgIpc) is 3.24. The van der Waals surface area contributed by atoms with E-state index in [1.807, 2.05) is 0 Å². The van der Waals surface area contributed by atoms with Crippen molar-refractivity contribution in [2.75, 3.05) is 6.54 Å². The molecule has 25 heavy (non-hydrogen) atoms. The zero-order valence-electron chi connectivity index (χ0n) is 13.8. The van der Waals surface area contributed by atoms with E-state index < -0.39 is 16.1 Å². The maximum absolute atomic E-state index is 13.4. The summed E-state index contributed by atoms with van der Waals surface area (Å²) in [6.07, 6.45) is 1.36. The average molecular weight is 364 g/mol. The molecular weight excluding hydrogens is 347 g/mol. The van der Waals surface area contributed by atoms with Crippen LogP contribution in [0.3, 0.4) is 0 Å². The molecule has 1 unspecified atom stereocenters. The predicted octanol–water partition coefficient (Wildman–Crippen LogP) is 2.83. The first-order valence-electron chi connectivity index (χ1n) is 7.98. The van der Waals surface area contributed by atoms with Gasteiger partial charge in [-0.3, -0.25) is 0 Å². The molecule has 0 aliphatic carbocycles. The van der Waals surface area contributed by atoms with Gasteiger partial charge in [0.1, 0.15) is 22.2 Å². The van der Waals surface area contributed by atoms with Gasteiger partial charge >= 0.3 is 0 Å². The van der Waals surface area contributed by atoms with Gasteiger partial charge in [-0.1, -0.05) is 5.16 Å². The zero-order valence-corrected chi connectivity index (χ0v) is 14.6. The minimum absolute atomic E-state index is 0.113. The van der Waals surface area contributed by atoms with Crippen molar-refractivity contribution in [2.24, 2.45) is 0 Å². The summed E-state index contributed by atoms with van der Waals surface area (Å²) >= 11 is 0. The van der Waals surface area contributed by atoms with Crippen molar-refractivity contribution in [2.45, 2.75) is 37.6 Å². The summed E-state index contributed by atoms with van der Waals surface area (Å²) in [6.45, 7) is 3.59. The Hall–Kier alpha value is -2.26. The fourth-order valence-electron chi connectivity index (χ4n) is 3.42. The minimum atomic E-state index is -3.76. The third-order valence-electron chi connectivity index (χ3n) is 4.52. The van der Waals surface area contributed by atoms with Gasteiger partial charge in [-0.25, -0.2) is 17.8 Å². The lowest BCUT2D eigenvalue weighted by atomic mass is 10.2. The Morgan fingerprint density at radius 3 is 2.88 bits per heavy atom. The second-order valence-electron chi connectivity index (χ2n) is 6.21. The largest absolute Gasteiger partial charge is 0.360 e. The monoisotopic (exact) mass is 364 g/mol. The predicted molar refractivity (Wildman–Crippen MR) is 87.9 cm³/mol. The fourth-order valence-corrected chi connectivity index (χ4v) is 5.38. The summed E-state index contributed by atoms with van der Waals surface area (Å²) in [7, 11) is -3.76. The van der Waals surface area contributed by atoms with Gasteiger partial charge in [0, 0.05) is 6.54 Å². The van der Waals surface area contributed by atoms with Crippen molar-refractivity contribution in [3.8, 4) is 0 Å². The van der Waals surface area contributed by atoms with E-state index in [9.17, 15) is 12.8 Å². The molecule has 1 aromatic carbocycles. The van der Waals surface area contributed by atoms with Crippen molar-refractivity contribution in [3.05, 3.63) is 41.3 Å². The number of aromatic nitrogens is 3. The molecule has 4 rings (SSSR count). The molecule has 9 heteroatoms. The highest BCUT2D eigenvalue weighted by Crippen LogP contribution is 2.37. The highest BCUT2D eigenvalue weighted by Gasteiger charge is 2.40. The summed E-state index contributed by atoms with van der Waals surface area (Å²) in [5, 5.41) is 3.75. The summed E-state index contributed by atoms with van der Waals surface area (Å²) in [5.74, 6) is 0.428. The Balaban J connectivity index is 1.77. The first-order valence-corrected chi connectivity index (χ1v) is 9.42. The van der Waals surface area contributed by atoms with Crippen molar-refractivity contribution in [3.63, 3.8) is 0 Å². The van der Waals surface area contributed by atoms with E-state index in [-0.39, 0.29) is 16.5 Å². The number of fused-ring (bicyclic) bond motifs is 1. The van der Waals surface area contributed by atoms with E-state index in [0.717, 1.165) is 6.42 Å². The lowest BCUT2D eigenvalue weighted by Gasteiger charge is -2.22. The van der Waals surface area contributed by atoms with Crippen LogP contribution in [0.5, 0.6) is 0 Å². The molecule has 1 fully saturated rings. The van der Waals surface area contributed by atoms with Crippen LogP contribution in [0.4, 0.5) is 4.39 Å². The number of nitrogens with one attached hydrogen (secondary N) is 1. The number of halogens is 1. The molecule has 7 nitrogen and oxygen atoms in total. The van der Waals surface area contributed by atoms with Crippen LogP contribution in [-0.4, -0.2) is 34.4 Å². The van der Waals surface area contributed by atoms with Crippen LogP contribution < -0.4 is 0 Å². The quantitative estimate of drug-likeness (QED) is 0.771. The summed E-state index contributed by atoms with van der Waals surface area (Å²) in [6, 6.07) is 3.84. The Bertz CT molecular complexity index is 1040. The van der Waals surface area contributed by atoms with E-state index in [1.165, 1.54) is 16.4 Å². The van der Waals surface area contributed by atoms with Crippen molar-refractivity contribution in [1.82, 2.24) is 19.4 Å². The molecule has 1 aliphatic rings. The lowest BCUT2D eigenvalue weighted by molar-refractivity contribution is 0.378. The number of nitrogens with zero attached hydrogens (tertiary/aromatic N) is 3. The fraction of sp³-hybridized carbons (Fsp3) is 0.375. The number of aryl methyl sites for hydroxylation is 2. The van der Waals surface area contributed by atoms with E-state index in [2.05, 4.69) is 15.1 Å². The molecule has 2 aromatic heterocycles. The van der Waals surface area contributed by atoms with E-state index in [0.29, 0.717) is 35.5 Å². The van der Waals surface area contributed by atoms with E-state index in [4.69, 9.17) is 4.52 Å². The Morgan fingerprint density at radius 2 is 2.16 bits per heavy atom. The first kappa shape index (κ1) is 16.2. The van der Waals surface area contributed by atoms with Gasteiger partial charge in [-0.15, -0.1) is 0 Å². The highest BCUT2D eigenvalue weighted by molar-refractivity contribution is 7.89. The number of aromatic amines is 1. The van der Waals surface area contributed by atoms with Crippen LogP contribution in [0.2, 0.25) is 0 Å². The molecule has 0 bridgehead atoms. The number of sulfonamides is 1. The third-order valence-corrected chi connectivity index (χ3v) is 6.67. The van der Waals surface area contributed by atoms with Crippen LogP contribution in [-0.2, 0) is 10.0 Å². The Kier molecular flexibility index (Phi) is 3.66. The molecular formula is C16H17FN4O3S. The SMILES string of the molecule is Cc1noc(C)c1S(=O)(=O)N1CCCC1c1nc2ccc(F)cc2[nH]1. The van der Waals surface area contributed by atoms with Crippen molar-refractivity contribution < 1.29 is 17.3 Å². The normalized spacial score (nSPS) is 19.1. The molecule has 3 aromatic rings. The number of imidazole rings is 1. The van der Waals surface area contributed by atoms with Crippen molar-refractivity contribution in [1.29, 1.82) is 0 Å². The number of H-pyrrole nitrogens is 1. The first-order chi connectivity index (χ1) is 11.9. The molecule has 0 amide bonds. The minimum Gasteiger partial charge on any atom is -0.360 e. The topological polar surface area (TPSA) is 92.1 Å². The molecule has 1 atom stereocenters. The summed E-state index contributed by atoms with van der Waals surface area (Å²) in [4.78, 5) is 7.63. The molecule has 132 valence electrons. The van der Waals surface area contributed by atoms with E-state index in [1.54, 1.807) is 19.9 Å². The maximum atomic E-state index is 13.4. The lowest BCUT2D eigenvalue weighted by Crippen LogP contribution is -2.31. The second kappa shape index (κ2) is 5.63. The summed E-state index contributed by atoms with van der Waals surface area (Å²) in [5.41, 5.74) is 1.50. The van der Waals surface area contributed by atoms with Gasteiger partial charge in [0.2, 0.25) is 10.0 Å². The second-order valence-corrected chi connectivity index (χ2v) is 8.04. The van der Waals surface area contributed by atoms with Crippen LogP contribution in [0.1, 0.15) is 36.2 Å². The molecule has 0 radical (unpaired) electrons. The van der Waals surface area contributed by atoms with Crippen molar-refractivity contribution >= 4 is 21.1 Å². The van der Waals surface area contributed by atoms with Gasteiger partial charge in [-0.2, -0.15) is 4.31 Å². The van der Waals surface area contributed by atoms with Crippen LogP contribution in [0.25, 0.3) is 11.0 Å². The zero-order chi connectivity index (χ0) is 17.8. The maximum Gasteiger partial charge on any atom is 0.249 e. The van der Waals surface area contributed by atoms with Crippen LogP contribution >= 0.6 is 0 Å². The molecule has 0 spiro atoms. The number of hydrogen-bond acceptors (Lipinski definition) is 5. The van der Waals surface area contributed by atoms with E-state index >= 15 is 0 Å². The smallest absolute Gasteiger partial charge is 0.249 e. The summed E-state index contributed by atoms with van der Waals surface area (Å²) < 4.78 is 46.1.